The molecule has 1 fully saturated rings. The topological polar surface area (TPSA) is 44.4 Å². The third-order valence-corrected chi connectivity index (χ3v) is 3.99. The van der Waals surface area contributed by atoms with Crippen molar-refractivity contribution in [2.24, 2.45) is 0 Å². The Kier molecular flexibility index (Phi) is 5.24. The molecule has 1 aliphatic heterocycles. The van der Waals surface area contributed by atoms with Gasteiger partial charge in [-0.3, -0.25) is 9.69 Å². The summed E-state index contributed by atoms with van der Waals surface area (Å²) in [4.78, 5) is 14.0. The fraction of sp³-hybridized carbons (Fsp3) is 0.471. The van der Waals surface area contributed by atoms with Crippen molar-refractivity contribution < 1.29 is 4.79 Å². The Morgan fingerprint density at radius 3 is 2.76 bits per heavy atom. The summed E-state index contributed by atoms with van der Waals surface area (Å²) in [5.74, 6) is 2.64. The third-order valence-electron chi connectivity index (χ3n) is 3.99. The fourth-order valence-corrected chi connectivity index (χ4v) is 2.65. The number of nitrogens with one attached hydrogen (secondary N) is 2. The monoisotopic (exact) mass is 285 g/mol. The van der Waals surface area contributed by atoms with Gasteiger partial charge in [0.2, 0.25) is 0 Å². The smallest absolute Gasteiger partial charge is 0.251 e. The number of piperidine rings is 1. The molecule has 1 aliphatic rings. The van der Waals surface area contributed by atoms with Gasteiger partial charge in [-0.25, -0.2) is 0 Å². The summed E-state index contributed by atoms with van der Waals surface area (Å²) in [7, 11) is 1.65. The SMILES string of the molecule is C#CCN1CCC(Nc2cc(C(=O)NC)ccc2C)CC1. The quantitative estimate of drug-likeness (QED) is 0.830. The van der Waals surface area contributed by atoms with E-state index in [-0.39, 0.29) is 5.91 Å². The summed E-state index contributed by atoms with van der Waals surface area (Å²) in [5, 5.41) is 6.23. The molecule has 0 aromatic heterocycles. The molecule has 4 nitrogen and oxygen atoms in total. The third kappa shape index (κ3) is 3.99. The largest absolute Gasteiger partial charge is 0.382 e. The molecular weight excluding hydrogens is 262 g/mol. The van der Waals surface area contributed by atoms with Gasteiger partial charge in [0.25, 0.3) is 5.91 Å². The van der Waals surface area contributed by atoms with Crippen LogP contribution in [-0.4, -0.2) is 43.5 Å². The van der Waals surface area contributed by atoms with E-state index in [1.807, 2.05) is 18.2 Å². The molecule has 0 aliphatic carbocycles. The minimum absolute atomic E-state index is 0.0538. The second kappa shape index (κ2) is 7.14. The number of likely N-dealkylation sites (tertiary alicyclic amines) is 1. The summed E-state index contributed by atoms with van der Waals surface area (Å²) in [6.45, 7) is 4.84. The lowest BCUT2D eigenvalue weighted by molar-refractivity contribution is 0.0963. The first-order valence-electron chi connectivity index (χ1n) is 7.39. The zero-order valence-corrected chi connectivity index (χ0v) is 12.8. The van der Waals surface area contributed by atoms with E-state index >= 15 is 0 Å². The molecule has 1 saturated heterocycles. The Labute approximate surface area is 126 Å². The van der Waals surface area contributed by atoms with Crippen LogP contribution in [0.25, 0.3) is 0 Å². The molecule has 1 aromatic carbocycles. The number of rotatable bonds is 4. The Balaban J connectivity index is 2.00. The number of nitrogens with zero attached hydrogens (tertiary/aromatic N) is 1. The van der Waals surface area contributed by atoms with Gasteiger partial charge in [0, 0.05) is 37.4 Å². The van der Waals surface area contributed by atoms with E-state index in [1.54, 1.807) is 7.05 Å². The number of anilines is 1. The van der Waals surface area contributed by atoms with E-state index in [0.29, 0.717) is 11.6 Å². The molecule has 1 heterocycles. The maximum absolute atomic E-state index is 11.7. The van der Waals surface area contributed by atoms with Crippen molar-refractivity contribution in [1.82, 2.24) is 10.2 Å². The lowest BCUT2D eigenvalue weighted by Gasteiger charge is -2.32. The van der Waals surface area contributed by atoms with Crippen LogP contribution in [0.15, 0.2) is 18.2 Å². The Morgan fingerprint density at radius 1 is 1.43 bits per heavy atom. The minimum atomic E-state index is -0.0538. The first kappa shape index (κ1) is 15.4. The van der Waals surface area contributed by atoms with Crippen LogP contribution in [0.4, 0.5) is 5.69 Å². The molecule has 21 heavy (non-hydrogen) atoms. The van der Waals surface area contributed by atoms with Gasteiger partial charge in [0.05, 0.1) is 6.54 Å². The normalized spacial score (nSPS) is 16.2. The van der Waals surface area contributed by atoms with E-state index in [1.165, 1.54) is 0 Å². The molecule has 0 spiro atoms. The van der Waals surface area contributed by atoms with E-state index in [0.717, 1.165) is 43.7 Å². The second-order valence-corrected chi connectivity index (χ2v) is 5.51. The average Bonchev–Trinajstić information content (AvgIpc) is 2.51. The molecule has 112 valence electrons. The van der Waals surface area contributed by atoms with Gasteiger partial charge in [0.15, 0.2) is 0 Å². The maximum atomic E-state index is 11.7. The van der Waals surface area contributed by atoms with Gasteiger partial charge in [-0.15, -0.1) is 6.42 Å². The number of terminal acetylenes is 1. The zero-order valence-electron chi connectivity index (χ0n) is 12.8. The molecule has 2 rings (SSSR count). The molecule has 0 atom stereocenters. The van der Waals surface area contributed by atoms with Crippen molar-refractivity contribution in [3.63, 3.8) is 0 Å². The summed E-state index contributed by atoms with van der Waals surface area (Å²) in [6.07, 6.45) is 7.50. The molecule has 0 bridgehead atoms. The molecule has 0 radical (unpaired) electrons. The molecule has 1 amide bonds. The number of benzene rings is 1. The van der Waals surface area contributed by atoms with Crippen molar-refractivity contribution in [1.29, 1.82) is 0 Å². The van der Waals surface area contributed by atoms with Gasteiger partial charge < -0.3 is 10.6 Å². The number of aryl methyl sites for hydroxylation is 1. The molecule has 2 N–H and O–H groups in total. The highest BCUT2D eigenvalue weighted by Gasteiger charge is 2.19. The lowest BCUT2D eigenvalue weighted by atomic mass is 10.0. The number of hydrogen-bond acceptors (Lipinski definition) is 3. The van der Waals surface area contributed by atoms with Crippen molar-refractivity contribution >= 4 is 11.6 Å². The Morgan fingerprint density at radius 2 is 2.14 bits per heavy atom. The number of hydrogen-bond donors (Lipinski definition) is 2. The van der Waals surface area contributed by atoms with Crippen LogP contribution in [0.3, 0.4) is 0 Å². The molecule has 0 unspecified atom stereocenters. The average molecular weight is 285 g/mol. The van der Waals surface area contributed by atoms with E-state index in [4.69, 9.17) is 6.42 Å². The van der Waals surface area contributed by atoms with Crippen LogP contribution in [0.1, 0.15) is 28.8 Å². The highest BCUT2D eigenvalue weighted by Crippen LogP contribution is 2.21. The standard InChI is InChI=1S/C17H23N3O/c1-4-9-20-10-7-15(8-11-20)19-16-12-14(17(21)18-3)6-5-13(16)2/h1,5-6,12,15,19H,7-11H2,2-3H3,(H,18,21). The van der Waals surface area contributed by atoms with Crippen LogP contribution in [0, 0.1) is 19.3 Å². The van der Waals surface area contributed by atoms with E-state index < -0.39 is 0 Å². The second-order valence-electron chi connectivity index (χ2n) is 5.51. The molecule has 1 aromatic rings. The predicted octanol–water partition coefficient (Wildman–Crippen LogP) is 1.86. The van der Waals surface area contributed by atoms with Crippen LogP contribution in [0.2, 0.25) is 0 Å². The summed E-state index contributed by atoms with van der Waals surface area (Å²) < 4.78 is 0. The van der Waals surface area contributed by atoms with E-state index in [9.17, 15) is 4.79 Å². The first-order chi connectivity index (χ1) is 10.1. The predicted molar refractivity (Wildman–Crippen MR) is 86.5 cm³/mol. The van der Waals surface area contributed by atoms with Crippen molar-refractivity contribution in [2.45, 2.75) is 25.8 Å². The summed E-state index contributed by atoms with van der Waals surface area (Å²) in [5.41, 5.74) is 2.90. The summed E-state index contributed by atoms with van der Waals surface area (Å²) in [6, 6.07) is 6.22. The van der Waals surface area contributed by atoms with Crippen LogP contribution < -0.4 is 10.6 Å². The van der Waals surface area contributed by atoms with Gasteiger partial charge in [-0.05, 0) is 37.5 Å². The molecular formula is C17H23N3O. The number of amides is 1. The fourth-order valence-electron chi connectivity index (χ4n) is 2.65. The van der Waals surface area contributed by atoms with Crippen molar-refractivity contribution in [3.05, 3.63) is 29.3 Å². The van der Waals surface area contributed by atoms with Gasteiger partial charge in [-0.2, -0.15) is 0 Å². The van der Waals surface area contributed by atoms with Gasteiger partial charge >= 0.3 is 0 Å². The van der Waals surface area contributed by atoms with E-state index in [2.05, 4.69) is 28.4 Å². The van der Waals surface area contributed by atoms with Crippen LogP contribution in [0.5, 0.6) is 0 Å². The highest BCUT2D eigenvalue weighted by atomic mass is 16.1. The van der Waals surface area contributed by atoms with Gasteiger partial charge in [0.1, 0.15) is 0 Å². The zero-order chi connectivity index (χ0) is 15.2. The minimum Gasteiger partial charge on any atom is -0.382 e. The first-order valence-corrected chi connectivity index (χ1v) is 7.39. The van der Waals surface area contributed by atoms with Crippen LogP contribution in [-0.2, 0) is 0 Å². The Bertz CT molecular complexity index is 539. The highest BCUT2D eigenvalue weighted by molar-refractivity contribution is 5.95. The molecule has 0 saturated carbocycles. The van der Waals surface area contributed by atoms with Crippen molar-refractivity contribution in [2.75, 3.05) is 32.0 Å². The van der Waals surface area contributed by atoms with Crippen LogP contribution >= 0.6 is 0 Å². The lowest BCUT2D eigenvalue weighted by Crippen LogP contribution is -2.39. The Hall–Kier alpha value is -1.99. The number of carbonyl (C=O) groups excluding carboxylic acids is 1. The number of carbonyl (C=O) groups is 1. The molecule has 4 heteroatoms. The van der Waals surface area contributed by atoms with Gasteiger partial charge in [-0.1, -0.05) is 12.0 Å². The van der Waals surface area contributed by atoms with Crippen molar-refractivity contribution in [3.8, 4) is 12.3 Å². The maximum Gasteiger partial charge on any atom is 0.251 e. The summed E-state index contributed by atoms with van der Waals surface area (Å²) >= 11 is 0.